The minimum atomic E-state index is -0.583. The summed E-state index contributed by atoms with van der Waals surface area (Å²) in [6.07, 6.45) is 18.1. The molecular formula is C45H77N3O6. The number of carbonyl (C=O) groups excluding carboxylic acids is 4. The fourth-order valence-electron chi connectivity index (χ4n) is 11.3. The van der Waals surface area contributed by atoms with Gasteiger partial charge in [-0.1, -0.05) is 65.5 Å². The SMILES string of the molecule is CCOC(=O)CCNC(=O)CCNC(=O)CCCCN(C(=O)OC(C)(C)C)[C@H]1CC[C@@]2(C)C(=CCC3C2CC[C@@]2(C)C3CC[C@@H]2[C@H](C)CCCC(C)C)C1. The standard InChI is InChI=1S/C45H77N3O6/c1-10-53-41(51)24-28-47-40(50)23-27-46-39(49)16-11-12-29-48(42(52)54-43(5,6)7)34-21-25-44(8)33(30-34)17-18-35-37-20-19-36(32(4)15-13-14-31(2)3)45(37,9)26-22-38(35)44/h17,31-32,34-38H,10-16,18-30H2,1-9H3,(H,46,49)(H,47,50)/t32-,34+,35?,36-,37?,38?,44+,45-/m1/s1. The van der Waals surface area contributed by atoms with Crippen molar-refractivity contribution < 1.29 is 28.7 Å². The van der Waals surface area contributed by atoms with Crippen LogP contribution in [0.3, 0.4) is 0 Å². The number of nitrogens with one attached hydrogen (secondary N) is 2. The molecule has 0 aromatic rings. The molecule has 0 aliphatic heterocycles. The number of carbonyl (C=O) groups is 4. The highest BCUT2D eigenvalue weighted by atomic mass is 16.6. The molecule has 54 heavy (non-hydrogen) atoms. The van der Waals surface area contributed by atoms with Gasteiger partial charge in [0.05, 0.1) is 13.0 Å². The molecule has 0 saturated heterocycles. The third-order valence-corrected chi connectivity index (χ3v) is 14.0. The van der Waals surface area contributed by atoms with Crippen LogP contribution >= 0.6 is 0 Å². The van der Waals surface area contributed by atoms with Crippen molar-refractivity contribution in [2.24, 2.45) is 46.3 Å². The van der Waals surface area contributed by atoms with Crippen molar-refractivity contribution in [2.45, 2.75) is 177 Å². The van der Waals surface area contributed by atoms with E-state index >= 15 is 0 Å². The molecule has 0 radical (unpaired) electrons. The van der Waals surface area contributed by atoms with Crippen LogP contribution in [0, 0.1) is 46.3 Å². The molecule has 4 aliphatic rings. The Morgan fingerprint density at radius 1 is 0.870 bits per heavy atom. The number of allylic oxidation sites excluding steroid dienone is 1. The zero-order valence-corrected chi connectivity index (χ0v) is 35.7. The van der Waals surface area contributed by atoms with Crippen molar-refractivity contribution in [1.29, 1.82) is 0 Å². The molecule has 9 nitrogen and oxygen atoms in total. The van der Waals surface area contributed by atoms with Crippen LogP contribution in [-0.4, -0.2) is 66.7 Å². The van der Waals surface area contributed by atoms with Gasteiger partial charge in [-0.25, -0.2) is 4.79 Å². The van der Waals surface area contributed by atoms with Crippen LogP contribution in [0.5, 0.6) is 0 Å². The maximum Gasteiger partial charge on any atom is 0.410 e. The second-order valence-corrected chi connectivity index (χ2v) is 19.3. The number of hydrogen-bond donors (Lipinski definition) is 2. The normalized spacial score (nSPS) is 29.6. The first kappa shape index (κ1) is 44.1. The smallest absolute Gasteiger partial charge is 0.410 e. The lowest BCUT2D eigenvalue weighted by Gasteiger charge is -2.59. The van der Waals surface area contributed by atoms with Gasteiger partial charge in [0.15, 0.2) is 0 Å². The summed E-state index contributed by atoms with van der Waals surface area (Å²) in [6.45, 7) is 21.3. The van der Waals surface area contributed by atoms with Gasteiger partial charge in [0, 0.05) is 38.5 Å². The van der Waals surface area contributed by atoms with E-state index in [0.717, 1.165) is 54.8 Å². The highest BCUT2D eigenvalue weighted by Gasteiger charge is 2.59. The van der Waals surface area contributed by atoms with E-state index in [9.17, 15) is 19.2 Å². The monoisotopic (exact) mass is 756 g/mol. The molecule has 3 amide bonds. The number of hydrogen-bond acceptors (Lipinski definition) is 6. The first-order valence-corrected chi connectivity index (χ1v) is 21.9. The van der Waals surface area contributed by atoms with Crippen LogP contribution in [0.4, 0.5) is 4.79 Å². The summed E-state index contributed by atoms with van der Waals surface area (Å²) in [6, 6.07) is 0.100. The minimum absolute atomic E-state index is 0.100. The second-order valence-electron chi connectivity index (χ2n) is 19.3. The van der Waals surface area contributed by atoms with Crippen molar-refractivity contribution in [1.82, 2.24) is 15.5 Å². The van der Waals surface area contributed by atoms with Gasteiger partial charge in [-0.05, 0) is 138 Å². The van der Waals surface area contributed by atoms with Crippen molar-refractivity contribution in [3.8, 4) is 0 Å². The van der Waals surface area contributed by atoms with Crippen molar-refractivity contribution in [3.05, 3.63) is 11.6 Å². The molecule has 0 bridgehead atoms. The quantitative estimate of drug-likeness (QED) is 0.0819. The molecule has 8 atom stereocenters. The maximum absolute atomic E-state index is 13.7. The van der Waals surface area contributed by atoms with E-state index in [4.69, 9.17) is 9.47 Å². The van der Waals surface area contributed by atoms with Crippen LogP contribution in [0.2, 0.25) is 0 Å². The van der Waals surface area contributed by atoms with E-state index in [-0.39, 0.29) is 61.3 Å². The average Bonchev–Trinajstić information content (AvgIpc) is 3.44. The van der Waals surface area contributed by atoms with E-state index in [1.807, 2.05) is 25.7 Å². The molecule has 3 saturated carbocycles. The lowest BCUT2D eigenvalue weighted by atomic mass is 9.46. The Balaban J connectivity index is 1.30. The Labute approximate surface area is 328 Å². The van der Waals surface area contributed by atoms with E-state index in [0.29, 0.717) is 37.8 Å². The van der Waals surface area contributed by atoms with Crippen LogP contribution in [0.15, 0.2) is 11.6 Å². The molecular weight excluding hydrogens is 679 g/mol. The Morgan fingerprint density at radius 2 is 1.57 bits per heavy atom. The van der Waals surface area contributed by atoms with Gasteiger partial charge in [0.2, 0.25) is 11.8 Å². The summed E-state index contributed by atoms with van der Waals surface area (Å²) >= 11 is 0. The molecule has 0 aromatic heterocycles. The van der Waals surface area contributed by atoms with Gasteiger partial charge in [0.25, 0.3) is 0 Å². The number of esters is 1. The zero-order valence-electron chi connectivity index (χ0n) is 35.7. The Kier molecular flexibility index (Phi) is 16.0. The molecule has 4 rings (SSSR count). The number of amides is 3. The lowest BCUT2D eigenvalue weighted by molar-refractivity contribution is -0.143. The molecule has 0 heterocycles. The summed E-state index contributed by atoms with van der Waals surface area (Å²) in [5.41, 5.74) is 1.67. The number of ether oxygens (including phenoxy) is 2. The first-order valence-electron chi connectivity index (χ1n) is 21.9. The molecule has 0 aromatic carbocycles. The van der Waals surface area contributed by atoms with Gasteiger partial charge < -0.3 is 25.0 Å². The van der Waals surface area contributed by atoms with Crippen LogP contribution in [-0.2, 0) is 23.9 Å². The minimum Gasteiger partial charge on any atom is -0.466 e. The Morgan fingerprint density at radius 3 is 2.26 bits per heavy atom. The lowest BCUT2D eigenvalue weighted by Crippen LogP contribution is -2.53. The zero-order chi connectivity index (χ0) is 39.7. The highest BCUT2D eigenvalue weighted by Crippen LogP contribution is 2.67. The molecule has 3 fully saturated rings. The van der Waals surface area contributed by atoms with Crippen LogP contribution < -0.4 is 10.6 Å². The summed E-state index contributed by atoms with van der Waals surface area (Å²) < 4.78 is 10.8. The molecule has 3 unspecified atom stereocenters. The molecule has 0 spiro atoms. The third-order valence-electron chi connectivity index (χ3n) is 14.0. The summed E-state index contributed by atoms with van der Waals surface area (Å²) in [5, 5.41) is 5.51. The third kappa shape index (κ3) is 11.5. The summed E-state index contributed by atoms with van der Waals surface area (Å²) in [4.78, 5) is 51.7. The number of rotatable bonds is 18. The van der Waals surface area contributed by atoms with E-state index in [1.54, 1.807) is 12.5 Å². The van der Waals surface area contributed by atoms with Gasteiger partial charge >= 0.3 is 12.1 Å². The fourth-order valence-corrected chi connectivity index (χ4v) is 11.3. The summed E-state index contributed by atoms with van der Waals surface area (Å²) in [5.74, 6) is 4.15. The molecule has 2 N–H and O–H groups in total. The van der Waals surface area contributed by atoms with Crippen molar-refractivity contribution >= 4 is 23.9 Å². The highest BCUT2D eigenvalue weighted by molar-refractivity contribution is 5.79. The van der Waals surface area contributed by atoms with E-state index < -0.39 is 5.60 Å². The van der Waals surface area contributed by atoms with Gasteiger partial charge in [-0.2, -0.15) is 0 Å². The number of unbranched alkanes of at least 4 members (excludes halogenated alkanes) is 1. The number of fused-ring (bicyclic) bond motifs is 5. The predicted octanol–water partition coefficient (Wildman–Crippen LogP) is 9.38. The molecule has 4 aliphatic carbocycles. The first-order chi connectivity index (χ1) is 25.5. The second kappa shape index (κ2) is 19.5. The maximum atomic E-state index is 13.7. The average molecular weight is 756 g/mol. The predicted molar refractivity (Wildman–Crippen MR) is 216 cm³/mol. The molecule has 9 heteroatoms. The number of nitrogens with zero attached hydrogens (tertiary/aromatic N) is 1. The van der Waals surface area contributed by atoms with Crippen LogP contribution in [0.1, 0.15) is 165 Å². The largest absolute Gasteiger partial charge is 0.466 e. The van der Waals surface area contributed by atoms with Gasteiger partial charge in [-0.3, -0.25) is 14.4 Å². The fraction of sp³-hybridized carbons (Fsp3) is 0.867. The Bertz CT molecular complexity index is 1310. The topological polar surface area (TPSA) is 114 Å². The summed E-state index contributed by atoms with van der Waals surface area (Å²) in [7, 11) is 0. The van der Waals surface area contributed by atoms with Gasteiger partial charge in [0.1, 0.15) is 5.60 Å². The van der Waals surface area contributed by atoms with Crippen molar-refractivity contribution in [2.75, 3.05) is 26.2 Å². The molecule has 308 valence electrons. The van der Waals surface area contributed by atoms with E-state index in [1.165, 1.54) is 51.4 Å². The van der Waals surface area contributed by atoms with E-state index in [2.05, 4.69) is 51.3 Å². The van der Waals surface area contributed by atoms with Gasteiger partial charge in [-0.15, -0.1) is 0 Å². The van der Waals surface area contributed by atoms with Crippen LogP contribution in [0.25, 0.3) is 0 Å². The Hall–Kier alpha value is -2.58. The van der Waals surface area contributed by atoms with Crippen molar-refractivity contribution in [3.63, 3.8) is 0 Å².